The summed E-state index contributed by atoms with van der Waals surface area (Å²) in [7, 11) is 0. The van der Waals surface area contributed by atoms with E-state index in [1.165, 1.54) is 32.1 Å². The summed E-state index contributed by atoms with van der Waals surface area (Å²) in [6, 6.07) is 4.66. The summed E-state index contributed by atoms with van der Waals surface area (Å²) < 4.78 is 5.56. The minimum Gasteiger partial charge on any atom is -0.469 e. The van der Waals surface area contributed by atoms with Gasteiger partial charge in [-0.05, 0) is 49.3 Å². The summed E-state index contributed by atoms with van der Waals surface area (Å²) in [5.74, 6) is 1.88. The molecule has 2 rings (SSSR count). The summed E-state index contributed by atoms with van der Waals surface area (Å²) in [6.07, 6.45) is 9.51. The molecule has 0 radical (unpaired) electrons. The second-order valence-electron chi connectivity index (χ2n) is 6.68. The van der Waals surface area contributed by atoms with Crippen LogP contribution in [0.2, 0.25) is 0 Å². The van der Waals surface area contributed by atoms with Crippen molar-refractivity contribution in [3.63, 3.8) is 0 Å². The van der Waals surface area contributed by atoms with Gasteiger partial charge in [0.2, 0.25) is 0 Å². The highest BCUT2D eigenvalue weighted by Crippen LogP contribution is 2.43. The first-order valence-corrected chi connectivity index (χ1v) is 7.89. The molecule has 1 aromatic heterocycles. The highest BCUT2D eigenvalue weighted by Gasteiger charge is 2.37. The topological polar surface area (TPSA) is 25.2 Å². The Kier molecular flexibility index (Phi) is 5.09. The van der Waals surface area contributed by atoms with Gasteiger partial charge in [0.05, 0.1) is 6.26 Å². The predicted molar refractivity (Wildman–Crippen MR) is 80.2 cm³/mol. The van der Waals surface area contributed by atoms with Gasteiger partial charge < -0.3 is 9.73 Å². The van der Waals surface area contributed by atoms with Gasteiger partial charge in [0.25, 0.3) is 0 Å². The van der Waals surface area contributed by atoms with Crippen molar-refractivity contribution in [3.8, 4) is 0 Å². The van der Waals surface area contributed by atoms with Crippen molar-refractivity contribution in [3.05, 3.63) is 24.2 Å². The molecule has 0 bridgehead atoms. The van der Waals surface area contributed by atoms with E-state index in [1.54, 1.807) is 6.26 Å². The monoisotopic (exact) mass is 263 g/mol. The minimum atomic E-state index is 0.455. The standard InChI is InChI=1S/C17H29NO/c1-4-11-18-16(13-14-8-7-12-19-14)15-9-5-6-10-17(15,2)3/h7-8,12,15-16,18H,4-6,9-11,13H2,1-3H3. The van der Waals surface area contributed by atoms with Crippen molar-refractivity contribution in [2.75, 3.05) is 6.54 Å². The molecule has 0 aromatic carbocycles. The molecule has 0 aliphatic heterocycles. The predicted octanol–water partition coefficient (Wildman–Crippen LogP) is 4.41. The third-order valence-electron chi connectivity index (χ3n) is 4.73. The van der Waals surface area contributed by atoms with E-state index in [4.69, 9.17) is 4.42 Å². The van der Waals surface area contributed by atoms with Gasteiger partial charge in [0.1, 0.15) is 5.76 Å². The Morgan fingerprint density at radius 2 is 2.26 bits per heavy atom. The van der Waals surface area contributed by atoms with Crippen LogP contribution in [0.1, 0.15) is 58.6 Å². The second kappa shape index (κ2) is 6.60. The van der Waals surface area contributed by atoms with Crippen LogP contribution in [0.4, 0.5) is 0 Å². The number of rotatable bonds is 6. The lowest BCUT2D eigenvalue weighted by Gasteiger charge is -2.43. The van der Waals surface area contributed by atoms with E-state index in [0.29, 0.717) is 11.5 Å². The Morgan fingerprint density at radius 3 is 2.89 bits per heavy atom. The van der Waals surface area contributed by atoms with Gasteiger partial charge >= 0.3 is 0 Å². The molecule has 0 spiro atoms. The van der Waals surface area contributed by atoms with E-state index in [1.807, 2.05) is 6.07 Å². The smallest absolute Gasteiger partial charge is 0.105 e. The third-order valence-corrected chi connectivity index (χ3v) is 4.73. The summed E-state index contributed by atoms with van der Waals surface area (Å²) in [5.41, 5.74) is 0.455. The first kappa shape index (κ1) is 14.6. The maximum absolute atomic E-state index is 5.56. The van der Waals surface area contributed by atoms with E-state index in [0.717, 1.165) is 24.6 Å². The first-order chi connectivity index (χ1) is 9.13. The highest BCUT2D eigenvalue weighted by molar-refractivity contribution is 5.03. The zero-order valence-corrected chi connectivity index (χ0v) is 12.7. The van der Waals surface area contributed by atoms with Crippen LogP contribution in [-0.4, -0.2) is 12.6 Å². The largest absolute Gasteiger partial charge is 0.469 e. The van der Waals surface area contributed by atoms with E-state index in [2.05, 4.69) is 32.2 Å². The number of nitrogens with one attached hydrogen (secondary N) is 1. The van der Waals surface area contributed by atoms with Crippen molar-refractivity contribution in [2.24, 2.45) is 11.3 Å². The lowest BCUT2D eigenvalue weighted by atomic mass is 9.65. The molecule has 1 saturated carbocycles. The van der Waals surface area contributed by atoms with Crippen LogP contribution in [0.3, 0.4) is 0 Å². The van der Waals surface area contributed by atoms with Crippen molar-refractivity contribution in [1.82, 2.24) is 5.32 Å². The Morgan fingerprint density at radius 1 is 1.42 bits per heavy atom. The molecule has 1 aliphatic carbocycles. The molecule has 1 heterocycles. The van der Waals surface area contributed by atoms with Crippen LogP contribution in [0.25, 0.3) is 0 Å². The maximum Gasteiger partial charge on any atom is 0.105 e. The lowest BCUT2D eigenvalue weighted by molar-refractivity contribution is 0.0960. The van der Waals surface area contributed by atoms with Crippen molar-refractivity contribution < 1.29 is 4.42 Å². The molecule has 0 saturated heterocycles. The molecule has 2 atom stereocenters. The van der Waals surface area contributed by atoms with Crippen molar-refractivity contribution in [2.45, 2.75) is 65.3 Å². The molecular formula is C17H29NO. The van der Waals surface area contributed by atoms with Gasteiger partial charge in [0, 0.05) is 12.5 Å². The summed E-state index contributed by atoms with van der Waals surface area (Å²) in [6.45, 7) is 8.24. The SMILES string of the molecule is CCCNC(Cc1ccco1)C1CCCCC1(C)C. The van der Waals surface area contributed by atoms with Crippen LogP contribution in [0, 0.1) is 11.3 Å². The van der Waals surface area contributed by atoms with Gasteiger partial charge in [0.15, 0.2) is 0 Å². The molecule has 1 aromatic rings. The summed E-state index contributed by atoms with van der Waals surface area (Å²) in [5, 5.41) is 3.77. The fourth-order valence-electron chi connectivity index (χ4n) is 3.60. The van der Waals surface area contributed by atoms with Gasteiger partial charge in [-0.2, -0.15) is 0 Å². The van der Waals surface area contributed by atoms with E-state index < -0.39 is 0 Å². The normalized spacial score (nSPS) is 24.3. The number of hydrogen-bond acceptors (Lipinski definition) is 2. The average molecular weight is 263 g/mol. The number of hydrogen-bond donors (Lipinski definition) is 1. The van der Waals surface area contributed by atoms with Crippen LogP contribution in [-0.2, 0) is 6.42 Å². The molecular weight excluding hydrogens is 234 g/mol. The van der Waals surface area contributed by atoms with Gasteiger partial charge in [-0.3, -0.25) is 0 Å². The van der Waals surface area contributed by atoms with Crippen LogP contribution in [0.15, 0.2) is 22.8 Å². The second-order valence-corrected chi connectivity index (χ2v) is 6.68. The molecule has 0 amide bonds. The molecule has 2 unspecified atom stereocenters. The molecule has 1 fully saturated rings. The molecule has 2 heteroatoms. The lowest BCUT2D eigenvalue weighted by Crippen LogP contribution is -2.46. The van der Waals surface area contributed by atoms with Crippen LogP contribution < -0.4 is 5.32 Å². The van der Waals surface area contributed by atoms with Crippen LogP contribution in [0.5, 0.6) is 0 Å². The van der Waals surface area contributed by atoms with E-state index in [-0.39, 0.29) is 0 Å². The number of furan rings is 1. The first-order valence-electron chi connectivity index (χ1n) is 7.89. The molecule has 1 aliphatic rings. The average Bonchev–Trinajstić information content (AvgIpc) is 2.87. The Hall–Kier alpha value is -0.760. The molecule has 108 valence electrons. The maximum atomic E-state index is 5.56. The third kappa shape index (κ3) is 3.85. The summed E-state index contributed by atoms with van der Waals surface area (Å²) >= 11 is 0. The van der Waals surface area contributed by atoms with Crippen LogP contribution >= 0.6 is 0 Å². The van der Waals surface area contributed by atoms with Crippen molar-refractivity contribution in [1.29, 1.82) is 0 Å². The zero-order valence-electron chi connectivity index (χ0n) is 12.7. The zero-order chi connectivity index (χ0) is 13.7. The van der Waals surface area contributed by atoms with Gasteiger partial charge in [-0.25, -0.2) is 0 Å². The van der Waals surface area contributed by atoms with Gasteiger partial charge in [-0.15, -0.1) is 0 Å². The fourth-order valence-corrected chi connectivity index (χ4v) is 3.60. The highest BCUT2D eigenvalue weighted by atomic mass is 16.3. The molecule has 19 heavy (non-hydrogen) atoms. The molecule has 2 nitrogen and oxygen atoms in total. The van der Waals surface area contributed by atoms with Crippen molar-refractivity contribution >= 4 is 0 Å². The molecule has 1 N–H and O–H groups in total. The fraction of sp³-hybridized carbons (Fsp3) is 0.765. The van der Waals surface area contributed by atoms with Gasteiger partial charge in [-0.1, -0.05) is 33.6 Å². The Bertz CT molecular complexity index is 355. The Balaban J connectivity index is 2.06. The quantitative estimate of drug-likeness (QED) is 0.822. The van der Waals surface area contributed by atoms with E-state index in [9.17, 15) is 0 Å². The Labute approximate surface area is 118 Å². The van der Waals surface area contributed by atoms with E-state index >= 15 is 0 Å². The minimum absolute atomic E-state index is 0.455. The summed E-state index contributed by atoms with van der Waals surface area (Å²) in [4.78, 5) is 0.